The van der Waals surface area contributed by atoms with Gasteiger partial charge in [-0.15, -0.1) is 0 Å². The molecule has 2 rings (SSSR count). The SMILES string of the molecule is CN(C)c1ccc(CN(C)c2ccc([N+](=O)[O-])c(C#N)n2)cc1. The quantitative estimate of drug-likeness (QED) is 0.623. The Morgan fingerprint density at radius 2 is 1.83 bits per heavy atom. The first-order chi connectivity index (χ1) is 10.9. The molecule has 0 aliphatic heterocycles. The minimum atomic E-state index is -0.602. The van der Waals surface area contributed by atoms with E-state index in [1.807, 2.05) is 55.2 Å². The molecule has 7 heteroatoms. The molecule has 0 saturated heterocycles. The summed E-state index contributed by atoms with van der Waals surface area (Å²) >= 11 is 0. The van der Waals surface area contributed by atoms with Gasteiger partial charge in [-0.25, -0.2) is 4.98 Å². The predicted molar refractivity (Wildman–Crippen MR) is 88.5 cm³/mol. The maximum absolute atomic E-state index is 10.8. The molecule has 0 spiro atoms. The Hall–Kier alpha value is -3.14. The van der Waals surface area contributed by atoms with Gasteiger partial charge in [-0.05, 0) is 23.8 Å². The van der Waals surface area contributed by atoms with Crippen LogP contribution in [0.3, 0.4) is 0 Å². The van der Waals surface area contributed by atoms with Crippen molar-refractivity contribution in [2.45, 2.75) is 6.54 Å². The molecule has 0 radical (unpaired) electrons. The second-order valence-electron chi connectivity index (χ2n) is 5.32. The zero-order valence-electron chi connectivity index (χ0n) is 13.2. The smallest absolute Gasteiger partial charge is 0.305 e. The summed E-state index contributed by atoms with van der Waals surface area (Å²) in [6, 6.07) is 12.7. The lowest BCUT2D eigenvalue weighted by Gasteiger charge is -2.19. The Morgan fingerprint density at radius 3 is 2.35 bits per heavy atom. The number of benzene rings is 1. The number of hydrogen-bond donors (Lipinski definition) is 0. The van der Waals surface area contributed by atoms with Crippen LogP contribution < -0.4 is 9.80 Å². The van der Waals surface area contributed by atoms with Gasteiger partial charge in [-0.3, -0.25) is 10.1 Å². The fourth-order valence-corrected chi connectivity index (χ4v) is 2.14. The lowest BCUT2D eigenvalue weighted by atomic mass is 10.2. The largest absolute Gasteiger partial charge is 0.378 e. The van der Waals surface area contributed by atoms with E-state index in [9.17, 15) is 10.1 Å². The summed E-state index contributed by atoms with van der Waals surface area (Å²) in [5, 5.41) is 19.8. The van der Waals surface area contributed by atoms with Gasteiger partial charge in [0.05, 0.1) is 4.92 Å². The number of anilines is 2. The van der Waals surface area contributed by atoms with Crippen molar-refractivity contribution in [2.24, 2.45) is 0 Å². The molecule has 1 aromatic carbocycles. The van der Waals surface area contributed by atoms with Gasteiger partial charge in [-0.2, -0.15) is 5.26 Å². The molecular formula is C16H17N5O2. The first kappa shape index (κ1) is 16.2. The fourth-order valence-electron chi connectivity index (χ4n) is 2.14. The number of rotatable bonds is 5. The van der Waals surface area contributed by atoms with Crippen LogP contribution >= 0.6 is 0 Å². The third-order valence-corrected chi connectivity index (χ3v) is 3.43. The van der Waals surface area contributed by atoms with E-state index < -0.39 is 4.92 Å². The molecule has 0 bridgehead atoms. The van der Waals surface area contributed by atoms with Crippen LogP contribution in [0.15, 0.2) is 36.4 Å². The number of nitro groups is 1. The molecular weight excluding hydrogens is 294 g/mol. The van der Waals surface area contributed by atoms with Gasteiger partial charge >= 0.3 is 5.69 Å². The first-order valence-corrected chi connectivity index (χ1v) is 6.95. The highest BCUT2D eigenvalue weighted by molar-refractivity contribution is 5.52. The van der Waals surface area contributed by atoms with Crippen LogP contribution in [-0.4, -0.2) is 31.1 Å². The van der Waals surface area contributed by atoms with Crippen molar-refractivity contribution in [1.29, 1.82) is 5.26 Å². The minimum absolute atomic E-state index is 0.178. The summed E-state index contributed by atoms with van der Waals surface area (Å²) in [4.78, 5) is 18.2. The van der Waals surface area contributed by atoms with Gasteiger partial charge in [0.2, 0.25) is 5.69 Å². The maximum Gasteiger partial charge on any atom is 0.305 e. The van der Waals surface area contributed by atoms with E-state index in [1.165, 1.54) is 6.07 Å². The average Bonchev–Trinajstić information content (AvgIpc) is 2.54. The monoisotopic (exact) mass is 311 g/mol. The second kappa shape index (κ2) is 6.75. The second-order valence-corrected chi connectivity index (χ2v) is 5.32. The van der Waals surface area contributed by atoms with E-state index in [2.05, 4.69) is 4.98 Å². The number of nitriles is 1. The van der Waals surface area contributed by atoms with Crippen molar-refractivity contribution in [3.8, 4) is 6.07 Å². The Kier molecular flexibility index (Phi) is 4.76. The molecule has 0 saturated carbocycles. The lowest BCUT2D eigenvalue weighted by molar-refractivity contribution is -0.385. The van der Waals surface area contributed by atoms with Gasteiger partial charge in [0, 0.05) is 39.4 Å². The van der Waals surface area contributed by atoms with Crippen molar-refractivity contribution < 1.29 is 4.92 Å². The van der Waals surface area contributed by atoms with E-state index in [-0.39, 0.29) is 11.4 Å². The van der Waals surface area contributed by atoms with Crippen molar-refractivity contribution in [2.75, 3.05) is 30.9 Å². The van der Waals surface area contributed by atoms with Crippen LogP contribution in [0.25, 0.3) is 0 Å². The summed E-state index contributed by atoms with van der Waals surface area (Å²) in [5.41, 5.74) is 1.73. The van der Waals surface area contributed by atoms with Crippen LogP contribution in [0.5, 0.6) is 0 Å². The molecule has 0 atom stereocenters. The van der Waals surface area contributed by atoms with E-state index in [0.29, 0.717) is 12.4 Å². The van der Waals surface area contributed by atoms with Gasteiger partial charge in [0.25, 0.3) is 0 Å². The third kappa shape index (κ3) is 3.74. The molecule has 1 heterocycles. The maximum atomic E-state index is 10.8. The average molecular weight is 311 g/mol. The van der Waals surface area contributed by atoms with Crippen molar-refractivity contribution in [3.63, 3.8) is 0 Å². The van der Waals surface area contributed by atoms with E-state index in [0.717, 1.165) is 11.3 Å². The summed E-state index contributed by atoms with van der Waals surface area (Å²) in [7, 11) is 5.78. The summed E-state index contributed by atoms with van der Waals surface area (Å²) in [6.45, 7) is 0.587. The summed E-state index contributed by atoms with van der Waals surface area (Å²) in [5.74, 6) is 0.517. The van der Waals surface area contributed by atoms with Crippen LogP contribution in [0.4, 0.5) is 17.2 Å². The molecule has 2 aromatic rings. The van der Waals surface area contributed by atoms with Crippen molar-refractivity contribution in [3.05, 3.63) is 57.8 Å². The van der Waals surface area contributed by atoms with Gasteiger partial charge in [-0.1, -0.05) is 12.1 Å². The number of nitrogens with zero attached hydrogens (tertiary/aromatic N) is 5. The van der Waals surface area contributed by atoms with Crippen LogP contribution in [0.1, 0.15) is 11.3 Å². The van der Waals surface area contributed by atoms with E-state index in [4.69, 9.17) is 5.26 Å². The normalized spacial score (nSPS) is 10.0. The Morgan fingerprint density at radius 1 is 1.17 bits per heavy atom. The minimum Gasteiger partial charge on any atom is -0.378 e. The van der Waals surface area contributed by atoms with Gasteiger partial charge in [0.1, 0.15) is 11.9 Å². The molecule has 0 N–H and O–H groups in total. The summed E-state index contributed by atoms with van der Waals surface area (Å²) < 4.78 is 0. The first-order valence-electron chi connectivity index (χ1n) is 6.95. The Labute approximate surface area is 134 Å². The number of aromatic nitrogens is 1. The van der Waals surface area contributed by atoms with Crippen molar-refractivity contribution in [1.82, 2.24) is 4.98 Å². The zero-order chi connectivity index (χ0) is 17.0. The van der Waals surface area contributed by atoms with Crippen LogP contribution in [-0.2, 0) is 6.54 Å². The van der Waals surface area contributed by atoms with Crippen molar-refractivity contribution >= 4 is 17.2 Å². The highest BCUT2D eigenvalue weighted by Gasteiger charge is 2.17. The molecule has 7 nitrogen and oxygen atoms in total. The van der Waals surface area contributed by atoms with Gasteiger partial charge < -0.3 is 9.80 Å². The van der Waals surface area contributed by atoms with Gasteiger partial charge in [0.15, 0.2) is 0 Å². The van der Waals surface area contributed by atoms with E-state index in [1.54, 1.807) is 12.1 Å². The number of hydrogen-bond acceptors (Lipinski definition) is 6. The zero-order valence-corrected chi connectivity index (χ0v) is 13.2. The molecule has 0 amide bonds. The summed E-state index contributed by atoms with van der Waals surface area (Å²) in [6.07, 6.45) is 0. The standard InChI is InChI=1S/C16H17N5O2/c1-19(2)13-6-4-12(5-7-13)11-20(3)16-9-8-15(21(22)23)14(10-17)18-16/h4-9H,11H2,1-3H3. The molecule has 0 aliphatic rings. The van der Waals surface area contributed by atoms with Crippen LogP contribution in [0, 0.1) is 21.4 Å². The predicted octanol–water partition coefficient (Wildman–Crippen LogP) is 2.56. The van der Waals surface area contributed by atoms with Crippen LogP contribution in [0.2, 0.25) is 0 Å². The highest BCUT2D eigenvalue weighted by Crippen LogP contribution is 2.21. The number of pyridine rings is 1. The molecule has 23 heavy (non-hydrogen) atoms. The fraction of sp³-hybridized carbons (Fsp3) is 0.250. The highest BCUT2D eigenvalue weighted by atomic mass is 16.6. The Balaban J connectivity index is 2.19. The molecule has 118 valence electrons. The topological polar surface area (TPSA) is 86.3 Å². The Bertz CT molecular complexity index is 750. The van der Waals surface area contributed by atoms with E-state index >= 15 is 0 Å². The molecule has 0 unspecified atom stereocenters. The lowest BCUT2D eigenvalue weighted by Crippen LogP contribution is -2.18. The molecule has 0 fully saturated rings. The molecule has 0 aliphatic carbocycles. The third-order valence-electron chi connectivity index (χ3n) is 3.43. The molecule has 1 aromatic heterocycles.